The lowest BCUT2D eigenvalue weighted by Crippen LogP contribution is -2.39. The number of aromatic amines is 1. The molecule has 0 aromatic carbocycles. The van der Waals surface area contributed by atoms with Gasteiger partial charge in [0.1, 0.15) is 5.82 Å². The number of aromatic nitrogens is 2. The van der Waals surface area contributed by atoms with Crippen molar-refractivity contribution < 1.29 is 0 Å². The molecule has 0 bridgehead atoms. The molecular weight excluding hydrogens is 308 g/mol. The molecule has 0 spiro atoms. The van der Waals surface area contributed by atoms with E-state index in [9.17, 15) is 0 Å². The molecule has 0 saturated carbocycles. The molecule has 2 saturated heterocycles. The minimum absolute atomic E-state index is 0.677. The van der Waals surface area contributed by atoms with Gasteiger partial charge in [0.2, 0.25) is 0 Å². The van der Waals surface area contributed by atoms with Gasteiger partial charge in [0.05, 0.1) is 5.69 Å². The van der Waals surface area contributed by atoms with Crippen LogP contribution in [0.15, 0.2) is 0 Å². The fourth-order valence-electron chi connectivity index (χ4n) is 4.13. The van der Waals surface area contributed by atoms with Gasteiger partial charge in [-0.1, -0.05) is 24.9 Å². The molecule has 1 aromatic rings. The van der Waals surface area contributed by atoms with E-state index in [1.807, 2.05) is 0 Å². The monoisotopic (exact) mass is 338 g/mol. The van der Waals surface area contributed by atoms with Gasteiger partial charge in [-0.25, -0.2) is 4.98 Å². The number of piperidine rings is 2. The first kappa shape index (κ1) is 17.2. The second-order valence-electron chi connectivity index (χ2n) is 7.26. The molecule has 2 aliphatic heterocycles. The molecule has 2 N–H and O–H groups in total. The Morgan fingerprint density at radius 3 is 2.52 bits per heavy atom. The predicted molar refractivity (Wildman–Crippen MR) is 95.8 cm³/mol. The Labute approximate surface area is 145 Å². The van der Waals surface area contributed by atoms with Gasteiger partial charge in [0, 0.05) is 13.0 Å². The van der Waals surface area contributed by atoms with Gasteiger partial charge in [-0.2, -0.15) is 0 Å². The molecule has 0 aliphatic carbocycles. The van der Waals surface area contributed by atoms with Crippen molar-refractivity contribution in [1.29, 1.82) is 0 Å². The summed E-state index contributed by atoms with van der Waals surface area (Å²) in [5.41, 5.74) is 1.11. The topological polar surface area (TPSA) is 44.0 Å². The molecule has 2 aliphatic rings. The van der Waals surface area contributed by atoms with Gasteiger partial charge in [-0.3, -0.25) is 4.90 Å². The number of aryl methyl sites for hydroxylation is 1. The molecule has 130 valence electrons. The van der Waals surface area contributed by atoms with Crippen molar-refractivity contribution in [3.05, 3.63) is 16.7 Å². The summed E-state index contributed by atoms with van der Waals surface area (Å²) < 4.78 is 0. The van der Waals surface area contributed by atoms with Crippen molar-refractivity contribution in [2.45, 2.75) is 58.4 Å². The Hall–Kier alpha value is -0.580. The first-order valence-electron chi connectivity index (χ1n) is 9.42. The average Bonchev–Trinajstić information content (AvgIpc) is 2.94. The molecule has 0 atom stereocenters. The molecule has 1 aromatic heterocycles. The van der Waals surface area contributed by atoms with Crippen molar-refractivity contribution in [3.8, 4) is 0 Å². The number of unbranched alkanes of at least 4 members (excludes halogenated alkanes) is 1. The van der Waals surface area contributed by atoms with Crippen LogP contribution in [-0.4, -0.2) is 41.0 Å². The first-order chi connectivity index (χ1) is 11.3. The number of halogens is 1. The Morgan fingerprint density at radius 2 is 1.83 bits per heavy atom. The standard InChI is InChI=1S/C18H31ClN4/c1-2-3-4-17-21-16(18(19)22-17)13-23-11-7-15(8-12-23)14-5-9-20-10-6-14/h14-15,20H,2-13H2,1H3,(H,21,22). The van der Waals surface area contributed by atoms with E-state index in [-0.39, 0.29) is 0 Å². The highest BCUT2D eigenvalue weighted by atomic mass is 35.5. The van der Waals surface area contributed by atoms with Crippen molar-refractivity contribution in [2.24, 2.45) is 11.8 Å². The zero-order chi connectivity index (χ0) is 16.1. The second kappa shape index (κ2) is 8.50. The zero-order valence-electron chi connectivity index (χ0n) is 14.4. The molecule has 0 radical (unpaired) electrons. The molecule has 4 nitrogen and oxygen atoms in total. The van der Waals surface area contributed by atoms with E-state index in [4.69, 9.17) is 11.6 Å². The predicted octanol–water partition coefficient (Wildman–Crippen LogP) is 3.62. The Morgan fingerprint density at radius 1 is 1.13 bits per heavy atom. The number of rotatable bonds is 6. The van der Waals surface area contributed by atoms with Gasteiger partial charge in [0.25, 0.3) is 0 Å². The van der Waals surface area contributed by atoms with Crippen LogP contribution in [-0.2, 0) is 13.0 Å². The van der Waals surface area contributed by atoms with Crippen molar-refractivity contribution in [1.82, 2.24) is 20.2 Å². The third kappa shape index (κ3) is 4.71. The summed E-state index contributed by atoms with van der Waals surface area (Å²) in [5.74, 6) is 2.94. The molecule has 0 amide bonds. The number of likely N-dealkylation sites (tertiary alicyclic amines) is 1. The maximum atomic E-state index is 6.32. The number of hydrogen-bond donors (Lipinski definition) is 2. The van der Waals surface area contributed by atoms with Gasteiger partial charge >= 0.3 is 0 Å². The Bertz CT molecular complexity index is 473. The zero-order valence-corrected chi connectivity index (χ0v) is 15.2. The van der Waals surface area contributed by atoms with Crippen LogP contribution in [0.5, 0.6) is 0 Å². The molecule has 2 fully saturated rings. The number of hydrogen-bond acceptors (Lipinski definition) is 3. The summed E-state index contributed by atoms with van der Waals surface area (Å²) >= 11 is 6.32. The average molecular weight is 339 g/mol. The van der Waals surface area contributed by atoms with Gasteiger partial charge in [-0.05, 0) is 70.1 Å². The third-order valence-corrected chi connectivity index (χ3v) is 5.92. The van der Waals surface area contributed by atoms with Crippen LogP contribution in [0.2, 0.25) is 5.15 Å². The van der Waals surface area contributed by atoms with E-state index in [2.05, 4.69) is 27.1 Å². The second-order valence-corrected chi connectivity index (χ2v) is 7.62. The number of imidazole rings is 1. The number of nitrogens with zero attached hydrogens (tertiary/aromatic N) is 2. The van der Waals surface area contributed by atoms with Crippen LogP contribution in [0, 0.1) is 11.8 Å². The number of nitrogens with one attached hydrogen (secondary N) is 2. The maximum absolute atomic E-state index is 6.32. The smallest absolute Gasteiger partial charge is 0.151 e. The lowest BCUT2D eigenvalue weighted by Gasteiger charge is -2.37. The van der Waals surface area contributed by atoms with Crippen LogP contribution in [0.4, 0.5) is 0 Å². The lowest BCUT2D eigenvalue weighted by molar-refractivity contribution is 0.125. The molecule has 5 heteroatoms. The van der Waals surface area contributed by atoms with Gasteiger partial charge in [-0.15, -0.1) is 0 Å². The fraction of sp³-hybridized carbons (Fsp3) is 0.833. The normalized spacial score (nSPS) is 21.8. The largest absolute Gasteiger partial charge is 0.344 e. The fourth-order valence-corrected chi connectivity index (χ4v) is 4.34. The summed E-state index contributed by atoms with van der Waals surface area (Å²) in [6.45, 7) is 7.97. The number of H-pyrrole nitrogens is 1. The van der Waals surface area contributed by atoms with Crippen LogP contribution in [0.1, 0.15) is 57.0 Å². The summed E-state index contributed by atoms with van der Waals surface area (Å²) in [5, 5.41) is 4.16. The third-order valence-electron chi connectivity index (χ3n) is 5.61. The van der Waals surface area contributed by atoms with Gasteiger partial charge in [0.15, 0.2) is 5.15 Å². The molecule has 0 unspecified atom stereocenters. The van der Waals surface area contributed by atoms with E-state index in [1.54, 1.807) is 0 Å². The highest BCUT2D eigenvalue weighted by molar-refractivity contribution is 6.30. The van der Waals surface area contributed by atoms with Crippen molar-refractivity contribution >= 4 is 11.6 Å². The maximum Gasteiger partial charge on any atom is 0.151 e. The molecule has 3 heterocycles. The minimum Gasteiger partial charge on any atom is -0.344 e. The Kier molecular flexibility index (Phi) is 6.37. The SMILES string of the molecule is CCCCc1nc(Cl)c(CN2CCC(C3CCNCC3)CC2)[nH]1. The Balaban J connectivity index is 1.47. The summed E-state index contributed by atoms with van der Waals surface area (Å²) in [4.78, 5) is 10.5. The quantitative estimate of drug-likeness (QED) is 0.832. The van der Waals surface area contributed by atoms with E-state index in [1.165, 1.54) is 64.7 Å². The molecular formula is C18H31ClN4. The van der Waals surface area contributed by atoms with E-state index in [0.717, 1.165) is 36.3 Å². The van der Waals surface area contributed by atoms with E-state index < -0.39 is 0 Å². The van der Waals surface area contributed by atoms with Crippen LogP contribution < -0.4 is 5.32 Å². The molecule has 23 heavy (non-hydrogen) atoms. The van der Waals surface area contributed by atoms with Crippen molar-refractivity contribution in [2.75, 3.05) is 26.2 Å². The van der Waals surface area contributed by atoms with E-state index in [0.29, 0.717) is 5.15 Å². The summed E-state index contributed by atoms with van der Waals surface area (Å²) in [6, 6.07) is 0. The lowest BCUT2D eigenvalue weighted by atomic mass is 9.79. The highest BCUT2D eigenvalue weighted by Gasteiger charge is 2.27. The minimum atomic E-state index is 0.677. The van der Waals surface area contributed by atoms with E-state index >= 15 is 0 Å². The van der Waals surface area contributed by atoms with Gasteiger partial charge < -0.3 is 10.3 Å². The van der Waals surface area contributed by atoms with Crippen LogP contribution in [0.3, 0.4) is 0 Å². The first-order valence-corrected chi connectivity index (χ1v) is 9.80. The van der Waals surface area contributed by atoms with Crippen LogP contribution in [0.25, 0.3) is 0 Å². The summed E-state index contributed by atoms with van der Waals surface area (Å²) in [7, 11) is 0. The molecule has 3 rings (SSSR count). The highest BCUT2D eigenvalue weighted by Crippen LogP contribution is 2.31. The van der Waals surface area contributed by atoms with Crippen LogP contribution >= 0.6 is 11.6 Å². The van der Waals surface area contributed by atoms with Crippen molar-refractivity contribution in [3.63, 3.8) is 0 Å². The summed E-state index contributed by atoms with van der Waals surface area (Å²) in [6.07, 6.45) is 8.81.